The summed E-state index contributed by atoms with van der Waals surface area (Å²) in [7, 11) is 0. The molecule has 2 aromatic heterocycles. The molecule has 3 aromatic rings. The molecule has 0 saturated carbocycles. The van der Waals surface area contributed by atoms with E-state index in [-0.39, 0.29) is 11.6 Å². The molecule has 2 heterocycles. The van der Waals surface area contributed by atoms with E-state index in [2.05, 4.69) is 9.97 Å². The van der Waals surface area contributed by atoms with Crippen molar-refractivity contribution in [2.45, 2.75) is 0 Å². The highest BCUT2D eigenvalue weighted by atomic mass is 16.5. The Morgan fingerprint density at radius 1 is 1.05 bits per heavy atom. The topological polar surface area (TPSA) is 84.8 Å². The number of hydrogen-bond donors (Lipinski definition) is 1. The molecule has 0 aliphatic carbocycles. The average Bonchev–Trinajstić information content (AvgIpc) is 2.50. The van der Waals surface area contributed by atoms with E-state index in [1.54, 1.807) is 12.3 Å². The van der Waals surface area contributed by atoms with Crippen LogP contribution in [0.4, 0.5) is 5.69 Å². The molecule has 0 bridgehead atoms. The predicted molar refractivity (Wildman–Crippen MR) is 75.2 cm³/mol. The quantitative estimate of drug-likeness (QED) is 0.767. The van der Waals surface area contributed by atoms with Crippen molar-refractivity contribution in [1.82, 2.24) is 9.97 Å². The molecule has 2 N–H and O–H groups in total. The average molecular weight is 262 g/mol. The zero-order chi connectivity index (χ0) is 13.9. The van der Waals surface area contributed by atoms with Crippen molar-refractivity contribution < 1.29 is 4.74 Å². The number of fused-ring (bicyclic) bond motifs is 1. The zero-order valence-electron chi connectivity index (χ0n) is 10.4. The summed E-state index contributed by atoms with van der Waals surface area (Å²) in [5, 5.41) is 9.82. The van der Waals surface area contributed by atoms with Gasteiger partial charge < -0.3 is 10.5 Å². The minimum absolute atomic E-state index is 0.223. The van der Waals surface area contributed by atoms with Crippen molar-refractivity contribution in [3.8, 4) is 17.7 Å². The van der Waals surface area contributed by atoms with Crippen LogP contribution in [0, 0.1) is 11.3 Å². The maximum Gasteiger partial charge on any atom is 0.244 e. The molecule has 0 spiro atoms. The van der Waals surface area contributed by atoms with E-state index in [4.69, 9.17) is 15.7 Å². The van der Waals surface area contributed by atoms with Gasteiger partial charge in [-0.1, -0.05) is 6.07 Å². The number of benzene rings is 1. The lowest BCUT2D eigenvalue weighted by atomic mass is 10.2. The second-order valence-corrected chi connectivity index (χ2v) is 4.12. The molecule has 0 saturated heterocycles. The second-order valence-electron chi connectivity index (χ2n) is 4.12. The van der Waals surface area contributed by atoms with Crippen LogP contribution in [0.3, 0.4) is 0 Å². The molecule has 0 fully saturated rings. The minimum Gasteiger partial charge on any atom is -0.436 e. The highest BCUT2D eigenvalue weighted by Crippen LogP contribution is 2.31. The molecule has 0 radical (unpaired) electrons. The molecule has 20 heavy (non-hydrogen) atoms. The van der Waals surface area contributed by atoms with Gasteiger partial charge in [-0.3, -0.25) is 4.98 Å². The normalized spacial score (nSPS) is 10.2. The summed E-state index contributed by atoms with van der Waals surface area (Å²) in [6.45, 7) is 0. The number of hydrogen-bond acceptors (Lipinski definition) is 5. The van der Waals surface area contributed by atoms with E-state index in [1.165, 1.54) is 6.20 Å². The summed E-state index contributed by atoms with van der Waals surface area (Å²) in [5.74, 6) is 0.824. The number of nitrogens with zero attached hydrogens (tertiary/aromatic N) is 3. The van der Waals surface area contributed by atoms with Gasteiger partial charge in [0.15, 0.2) is 0 Å². The number of nitrogens with two attached hydrogens (primary N) is 1. The second kappa shape index (κ2) is 4.86. The van der Waals surface area contributed by atoms with Crippen LogP contribution < -0.4 is 10.5 Å². The third-order valence-electron chi connectivity index (χ3n) is 2.89. The summed E-state index contributed by atoms with van der Waals surface area (Å²) >= 11 is 0. The van der Waals surface area contributed by atoms with Crippen molar-refractivity contribution >= 4 is 16.6 Å². The summed E-state index contributed by atoms with van der Waals surface area (Å²) in [4.78, 5) is 8.33. The van der Waals surface area contributed by atoms with Crippen LogP contribution in [0.1, 0.15) is 5.56 Å². The Morgan fingerprint density at radius 3 is 2.80 bits per heavy atom. The third kappa shape index (κ3) is 1.99. The highest BCUT2D eigenvalue weighted by Gasteiger charge is 2.10. The smallest absolute Gasteiger partial charge is 0.244 e. The van der Waals surface area contributed by atoms with Crippen LogP contribution in [0.5, 0.6) is 11.6 Å². The molecule has 5 nitrogen and oxygen atoms in total. The predicted octanol–water partition coefficient (Wildman–Crippen LogP) is 2.88. The first-order valence-corrected chi connectivity index (χ1v) is 5.96. The van der Waals surface area contributed by atoms with E-state index in [1.807, 2.05) is 36.4 Å². The van der Waals surface area contributed by atoms with Gasteiger partial charge in [0.1, 0.15) is 17.5 Å². The Bertz CT molecular complexity index is 818. The molecule has 96 valence electrons. The number of pyridine rings is 2. The van der Waals surface area contributed by atoms with E-state index in [0.29, 0.717) is 11.3 Å². The summed E-state index contributed by atoms with van der Waals surface area (Å²) in [6.07, 6.45) is 3.21. The van der Waals surface area contributed by atoms with Gasteiger partial charge in [-0.05, 0) is 30.3 Å². The van der Waals surface area contributed by atoms with Crippen LogP contribution in [0.25, 0.3) is 10.9 Å². The number of anilines is 1. The van der Waals surface area contributed by atoms with Crippen LogP contribution >= 0.6 is 0 Å². The molecule has 5 heteroatoms. The summed E-state index contributed by atoms with van der Waals surface area (Å²) < 4.78 is 5.74. The molecule has 0 atom stereocenters. The number of rotatable bonds is 2. The van der Waals surface area contributed by atoms with Crippen LogP contribution in [0.2, 0.25) is 0 Å². The molecule has 0 aliphatic heterocycles. The maximum absolute atomic E-state index is 8.96. The van der Waals surface area contributed by atoms with Gasteiger partial charge in [-0.25, -0.2) is 4.98 Å². The Hall–Kier alpha value is -3.13. The maximum atomic E-state index is 8.96. The van der Waals surface area contributed by atoms with Gasteiger partial charge in [-0.2, -0.15) is 5.26 Å². The largest absolute Gasteiger partial charge is 0.436 e. The molecule has 1 aromatic carbocycles. The number of nitriles is 1. The van der Waals surface area contributed by atoms with E-state index in [0.717, 1.165) is 10.9 Å². The lowest BCUT2D eigenvalue weighted by Gasteiger charge is -2.09. The Kier molecular flexibility index (Phi) is 2.90. The molecule has 0 amide bonds. The molecular weight excluding hydrogens is 252 g/mol. The van der Waals surface area contributed by atoms with Gasteiger partial charge in [0, 0.05) is 17.8 Å². The highest BCUT2D eigenvalue weighted by molar-refractivity contribution is 5.85. The van der Waals surface area contributed by atoms with Crippen LogP contribution in [0.15, 0.2) is 48.8 Å². The van der Waals surface area contributed by atoms with E-state index >= 15 is 0 Å². The van der Waals surface area contributed by atoms with Gasteiger partial charge in [-0.15, -0.1) is 0 Å². The molecule has 0 aliphatic rings. The van der Waals surface area contributed by atoms with Gasteiger partial charge in [0.25, 0.3) is 0 Å². The van der Waals surface area contributed by atoms with Gasteiger partial charge in [0.2, 0.25) is 5.88 Å². The molecule has 0 unspecified atom stereocenters. The number of aromatic nitrogens is 2. The standard InChI is InChI=1S/C15H10N4O/c16-9-10-6-8-19-15(14(10)17)20-13-5-1-4-12-11(13)3-2-7-18-12/h1-8H,17H2. The Morgan fingerprint density at radius 2 is 1.95 bits per heavy atom. The molecular formula is C15H10N4O. The minimum atomic E-state index is 0.223. The van der Waals surface area contributed by atoms with Gasteiger partial charge in [0.05, 0.1) is 11.1 Å². The Labute approximate surface area is 115 Å². The third-order valence-corrected chi connectivity index (χ3v) is 2.89. The first-order valence-electron chi connectivity index (χ1n) is 5.96. The first-order chi connectivity index (χ1) is 9.79. The van der Waals surface area contributed by atoms with E-state index < -0.39 is 0 Å². The van der Waals surface area contributed by atoms with E-state index in [9.17, 15) is 0 Å². The van der Waals surface area contributed by atoms with Crippen molar-refractivity contribution in [3.63, 3.8) is 0 Å². The lowest BCUT2D eigenvalue weighted by Crippen LogP contribution is -1.98. The van der Waals surface area contributed by atoms with Crippen molar-refractivity contribution in [1.29, 1.82) is 5.26 Å². The van der Waals surface area contributed by atoms with Gasteiger partial charge >= 0.3 is 0 Å². The summed E-state index contributed by atoms with van der Waals surface area (Å²) in [5.41, 5.74) is 7.25. The van der Waals surface area contributed by atoms with Crippen molar-refractivity contribution in [2.24, 2.45) is 0 Å². The summed E-state index contributed by atoms with van der Waals surface area (Å²) in [6, 6.07) is 12.8. The Balaban J connectivity index is 2.09. The fourth-order valence-corrected chi connectivity index (χ4v) is 1.90. The van der Waals surface area contributed by atoms with Crippen LogP contribution in [-0.4, -0.2) is 9.97 Å². The first kappa shape index (κ1) is 11.9. The zero-order valence-corrected chi connectivity index (χ0v) is 10.4. The monoisotopic (exact) mass is 262 g/mol. The SMILES string of the molecule is N#Cc1ccnc(Oc2cccc3ncccc23)c1N. The molecule has 3 rings (SSSR count). The lowest BCUT2D eigenvalue weighted by molar-refractivity contribution is 0.470. The fourth-order valence-electron chi connectivity index (χ4n) is 1.90. The fraction of sp³-hybridized carbons (Fsp3) is 0. The van der Waals surface area contributed by atoms with Crippen molar-refractivity contribution in [2.75, 3.05) is 5.73 Å². The number of ether oxygens (including phenoxy) is 1. The van der Waals surface area contributed by atoms with Crippen molar-refractivity contribution in [3.05, 3.63) is 54.4 Å². The number of nitrogen functional groups attached to an aromatic ring is 1. The van der Waals surface area contributed by atoms with Crippen LogP contribution in [-0.2, 0) is 0 Å².